The first-order valence-corrected chi connectivity index (χ1v) is 4.27. The van der Waals surface area contributed by atoms with Crippen LogP contribution in [-0.2, 0) is 0 Å². The number of halogens is 1. The van der Waals surface area contributed by atoms with Crippen LogP contribution >= 0.6 is 11.6 Å². The zero-order chi connectivity index (χ0) is 8.20. The highest BCUT2D eigenvalue weighted by Crippen LogP contribution is 2.28. The maximum absolute atomic E-state index is 5.78. The standard InChI is InChI=1S/C9H17Cl/c1-5-9(4,7-10)6-8(2)3/h5,8H,1,6-7H2,2-4H3. The minimum atomic E-state index is 0.135. The van der Waals surface area contributed by atoms with Gasteiger partial charge in [0.15, 0.2) is 0 Å². The Bertz CT molecular complexity index is 107. The van der Waals surface area contributed by atoms with E-state index >= 15 is 0 Å². The Kier molecular flexibility index (Phi) is 4.04. The van der Waals surface area contributed by atoms with Crippen LogP contribution in [0.15, 0.2) is 12.7 Å². The van der Waals surface area contributed by atoms with E-state index in [4.69, 9.17) is 11.6 Å². The van der Waals surface area contributed by atoms with Crippen LogP contribution in [0.2, 0.25) is 0 Å². The van der Waals surface area contributed by atoms with Crippen LogP contribution in [0.1, 0.15) is 27.2 Å². The third kappa shape index (κ3) is 3.26. The van der Waals surface area contributed by atoms with Crippen LogP contribution in [0.25, 0.3) is 0 Å². The molecular formula is C9H17Cl. The fourth-order valence-electron chi connectivity index (χ4n) is 1.13. The highest BCUT2D eigenvalue weighted by atomic mass is 35.5. The summed E-state index contributed by atoms with van der Waals surface area (Å²) in [5.41, 5.74) is 0.135. The summed E-state index contributed by atoms with van der Waals surface area (Å²) < 4.78 is 0. The van der Waals surface area contributed by atoms with Gasteiger partial charge in [-0.05, 0) is 17.8 Å². The molecule has 0 aromatic heterocycles. The molecule has 0 N–H and O–H groups in total. The first-order valence-electron chi connectivity index (χ1n) is 3.73. The molecule has 0 saturated heterocycles. The molecule has 0 aliphatic rings. The lowest BCUT2D eigenvalue weighted by atomic mass is 9.84. The van der Waals surface area contributed by atoms with Crippen LogP contribution in [0.4, 0.5) is 0 Å². The Morgan fingerprint density at radius 3 is 2.20 bits per heavy atom. The van der Waals surface area contributed by atoms with Gasteiger partial charge in [0, 0.05) is 5.88 Å². The molecule has 0 saturated carbocycles. The van der Waals surface area contributed by atoms with Gasteiger partial charge in [-0.15, -0.1) is 18.2 Å². The Balaban J connectivity index is 3.92. The molecule has 10 heavy (non-hydrogen) atoms. The maximum Gasteiger partial charge on any atom is 0.0311 e. The first-order chi connectivity index (χ1) is 4.54. The fraction of sp³-hybridized carbons (Fsp3) is 0.778. The summed E-state index contributed by atoms with van der Waals surface area (Å²) in [5.74, 6) is 1.37. The molecule has 0 amide bonds. The van der Waals surface area contributed by atoms with E-state index in [0.717, 1.165) is 6.42 Å². The molecule has 0 nitrogen and oxygen atoms in total. The summed E-state index contributed by atoms with van der Waals surface area (Å²) in [6.45, 7) is 10.3. The van der Waals surface area contributed by atoms with E-state index in [9.17, 15) is 0 Å². The van der Waals surface area contributed by atoms with Crippen LogP contribution in [0.3, 0.4) is 0 Å². The average Bonchev–Trinajstić information content (AvgIpc) is 1.87. The van der Waals surface area contributed by atoms with Crippen molar-refractivity contribution in [2.45, 2.75) is 27.2 Å². The lowest BCUT2D eigenvalue weighted by Gasteiger charge is -2.24. The molecule has 1 heteroatoms. The van der Waals surface area contributed by atoms with Crippen molar-refractivity contribution in [2.24, 2.45) is 11.3 Å². The molecule has 0 spiro atoms. The summed E-state index contributed by atoms with van der Waals surface area (Å²) in [6, 6.07) is 0. The van der Waals surface area contributed by atoms with E-state index in [1.807, 2.05) is 6.08 Å². The van der Waals surface area contributed by atoms with Gasteiger partial charge in [0.25, 0.3) is 0 Å². The molecule has 1 unspecified atom stereocenters. The molecule has 1 atom stereocenters. The Hall–Kier alpha value is 0.0300. The second kappa shape index (κ2) is 4.02. The average molecular weight is 161 g/mol. The minimum absolute atomic E-state index is 0.135. The third-order valence-electron chi connectivity index (χ3n) is 1.67. The molecule has 0 aliphatic carbocycles. The van der Waals surface area contributed by atoms with Crippen LogP contribution in [-0.4, -0.2) is 5.88 Å². The summed E-state index contributed by atoms with van der Waals surface area (Å²) in [7, 11) is 0. The van der Waals surface area contributed by atoms with Gasteiger partial charge in [-0.1, -0.05) is 26.8 Å². The number of alkyl halides is 1. The zero-order valence-corrected chi connectivity index (χ0v) is 7.91. The van der Waals surface area contributed by atoms with Crippen molar-refractivity contribution in [1.82, 2.24) is 0 Å². The molecular weight excluding hydrogens is 144 g/mol. The molecule has 0 heterocycles. The van der Waals surface area contributed by atoms with Gasteiger partial charge in [0.05, 0.1) is 0 Å². The molecule has 60 valence electrons. The van der Waals surface area contributed by atoms with Gasteiger partial charge in [-0.25, -0.2) is 0 Å². The summed E-state index contributed by atoms with van der Waals surface area (Å²) in [4.78, 5) is 0. The van der Waals surface area contributed by atoms with Gasteiger partial charge in [-0.3, -0.25) is 0 Å². The second-order valence-corrected chi connectivity index (χ2v) is 3.86. The van der Waals surface area contributed by atoms with Gasteiger partial charge in [0.2, 0.25) is 0 Å². The van der Waals surface area contributed by atoms with Crippen molar-refractivity contribution in [3.63, 3.8) is 0 Å². The summed E-state index contributed by atoms with van der Waals surface area (Å²) >= 11 is 5.78. The topological polar surface area (TPSA) is 0 Å². The van der Waals surface area contributed by atoms with E-state index in [1.54, 1.807) is 0 Å². The molecule has 0 aromatic carbocycles. The largest absolute Gasteiger partial charge is 0.126 e. The van der Waals surface area contributed by atoms with Crippen molar-refractivity contribution < 1.29 is 0 Å². The second-order valence-electron chi connectivity index (χ2n) is 3.59. The quantitative estimate of drug-likeness (QED) is 0.437. The van der Waals surface area contributed by atoms with E-state index in [0.29, 0.717) is 11.8 Å². The van der Waals surface area contributed by atoms with E-state index in [1.165, 1.54) is 0 Å². The van der Waals surface area contributed by atoms with Crippen molar-refractivity contribution >= 4 is 11.6 Å². The number of hydrogen-bond acceptors (Lipinski definition) is 0. The number of allylic oxidation sites excluding steroid dienone is 1. The molecule has 0 aliphatic heterocycles. The van der Waals surface area contributed by atoms with Gasteiger partial charge < -0.3 is 0 Å². The molecule has 0 fully saturated rings. The Morgan fingerprint density at radius 1 is 1.60 bits per heavy atom. The molecule has 0 rings (SSSR count). The van der Waals surface area contributed by atoms with Gasteiger partial charge in [0.1, 0.15) is 0 Å². The predicted molar refractivity (Wildman–Crippen MR) is 48.5 cm³/mol. The summed E-state index contributed by atoms with van der Waals surface area (Å²) in [5, 5.41) is 0. The Morgan fingerprint density at radius 2 is 2.10 bits per heavy atom. The van der Waals surface area contributed by atoms with Crippen molar-refractivity contribution in [2.75, 3.05) is 5.88 Å². The van der Waals surface area contributed by atoms with Gasteiger partial charge in [-0.2, -0.15) is 0 Å². The highest BCUT2D eigenvalue weighted by molar-refractivity contribution is 6.18. The van der Waals surface area contributed by atoms with Gasteiger partial charge >= 0.3 is 0 Å². The Labute approximate surface area is 69.3 Å². The minimum Gasteiger partial charge on any atom is -0.126 e. The predicted octanol–water partition coefficient (Wildman–Crippen LogP) is 3.46. The lowest BCUT2D eigenvalue weighted by Crippen LogP contribution is -2.17. The normalized spacial score (nSPS) is 16.9. The SMILES string of the molecule is C=CC(C)(CCl)CC(C)C. The molecule has 0 aromatic rings. The first kappa shape index (κ1) is 10.0. The van der Waals surface area contributed by atoms with Crippen LogP contribution < -0.4 is 0 Å². The van der Waals surface area contributed by atoms with Crippen LogP contribution in [0, 0.1) is 11.3 Å². The molecule has 0 radical (unpaired) electrons. The zero-order valence-electron chi connectivity index (χ0n) is 7.15. The van der Waals surface area contributed by atoms with Crippen molar-refractivity contribution in [1.29, 1.82) is 0 Å². The van der Waals surface area contributed by atoms with E-state index in [-0.39, 0.29) is 5.41 Å². The fourth-order valence-corrected chi connectivity index (χ4v) is 1.34. The smallest absolute Gasteiger partial charge is 0.0311 e. The van der Waals surface area contributed by atoms with E-state index in [2.05, 4.69) is 27.4 Å². The lowest BCUT2D eigenvalue weighted by molar-refractivity contribution is 0.372. The maximum atomic E-state index is 5.78. The number of rotatable bonds is 4. The van der Waals surface area contributed by atoms with E-state index < -0.39 is 0 Å². The number of hydrogen-bond donors (Lipinski definition) is 0. The highest BCUT2D eigenvalue weighted by Gasteiger charge is 2.19. The monoisotopic (exact) mass is 160 g/mol. The van der Waals surface area contributed by atoms with Crippen LogP contribution in [0.5, 0.6) is 0 Å². The summed E-state index contributed by atoms with van der Waals surface area (Å²) in [6.07, 6.45) is 3.08. The molecule has 0 bridgehead atoms. The van der Waals surface area contributed by atoms with Crippen molar-refractivity contribution in [3.8, 4) is 0 Å². The third-order valence-corrected chi connectivity index (χ3v) is 2.28. The van der Waals surface area contributed by atoms with Crippen molar-refractivity contribution in [3.05, 3.63) is 12.7 Å².